The molecule has 3 rings (SSSR count). The van der Waals surface area contributed by atoms with Crippen molar-refractivity contribution in [2.45, 2.75) is 37.4 Å². The number of benzene rings is 1. The normalized spacial score (nSPS) is 23.3. The van der Waals surface area contributed by atoms with Gasteiger partial charge in [0.05, 0.1) is 12.1 Å². The van der Waals surface area contributed by atoms with E-state index in [0.717, 1.165) is 18.9 Å². The van der Waals surface area contributed by atoms with Crippen molar-refractivity contribution < 1.29 is 22.8 Å². The van der Waals surface area contributed by atoms with E-state index < -0.39 is 11.7 Å². The lowest BCUT2D eigenvalue weighted by Gasteiger charge is -2.12. The standard InChI is InChI=1S/C16H17F3N2O2/c17-16(18,19)12-4-2-1-3-10(12)11-7-13(11)21-14(22)8-20-15(23)9-5-6-9/h1-4,9,11,13H,5-8H2,(H,20,23)(H,21,22). The van der Waals surface area contributed by atoms with E-state index in [1.54, 1.807) is 6.07 Å². The van der Waals surface area contributed by atoms with Crippen LogP contribution in [0.5, 0.6) is 0 Å². The third kappa shape index (κ3) is 3.83. The molecule has 1 aromatic rings. The predicted octanol–water partition coefficient (Wildman–Crippen LogP) is 2.20. The first kappa shape index (κ1) is 15.8. The van der Waals surface area contributed by atoms with E-state index in [9.17, 15) is 22.8 Å². The Kier molecular flexibility index (Phi) is 4.04. The molecule has 2 atom stereocenters. The quantitative estimate of drug-likeness (QED) is 0.871. The summed E-state index contributed by atoms with van der Waals surface area (Å²) in [6.07, 6.45) is -2.21. The van der Waals surface area contributed by atoms with Crippen molar-refractivity contribution in [1.29, 1.82) is 0 Å². The molecule has 0 heterocycles. The SMILES string of the molecule is O=C(CNC(=O)C1CC1)NC1CC1c1ccccc1C(F)(F)F. The molecule has 2 N–H and O–H groups in total. The van der Waals surface area contributed by atoms with E-state index in [1.165, 1.54) is 12.1 Å². The number of amides is 2. The van der Waals surface area contributed by atoms with E-state index in [0.29, 0.717) is 6.42 Å². The summed E-state index contributed by atoms with van der Waals surface area (Å²) in [5.74, 6) is -0.794. The molecular weight excluding hydrogens is 309 g/mol. The van der Waals surface area contributed by atoms with E-state index >= 15 is 0 Å². The molecule has 2 aliphatic rings. The van der Waals surface area contributed by atoms with E-state index in [1.807, 2.05) is 0 Å². The van der Waals surface area contributed by atoms with Crippen molar-refractivity contribution in [3.63, 3.8) is 0 Å². The zero-order valence-electron chi connectivity index (χ0n) is 12.3. The van der Waals surface area contributed by atoms with Crippen molar-refractivity contribution in [2.75, 3.05) is 6.54 Å². The molecule has 0 spiro atoms. The van der Waals surface area contributed by atoms with Gasteiger partial charge in [-0.05, 0) is 30.9 Å². The average molecular weight is 326 g/mol. The molecule has 4 nitrogen and oxygen atoms in total. The van der Waals surface area contributed by atoms with Gasteiger partial charge >= 0.3 is 6.18 Å². The number of alkyl halides is 3. The maximum atomic E-state index is 13.0. The molecule has 2 aliphatic carbocycles. The molecule has 124 valence electrons. The van der Waals surface area contributed by atoms with Gasteiger partial charge in [0, 0.05) is 17.9 Å². The van der Waals surface area contributed by atoms with E-state index in [-0.39, 0.29) is 41.8 Å². The highest BCUT2D eigenvalue weighted by molar-refractivity contribution is 5.87. The van der Waals surface area contributed by atoms with Gasteiger partial charge < -0.3 is 10.6 Å². The number of rotatable bonds is 5. The van der Waals surface area contributed by atoms with Crippen molar-refractivity contribution in [2.24, 2.45) is 5.92 Å². The monoisotopic (exact) mass is 326 g/mol. The van der Waals surface area contributed by atoms with Gasteiger partial charge in [-0.2, -0.15) is 13.2 Å². The predicted molar refractivity (Wildman–Crippen MR) is 76.5 cm³/mol. The summed E-state index contributed by atoms with van der Waals surface area (Å²) >= 11 is 0. The molecule has 23 heavy (non-hydrogen) atoms. The fraction of sp³-hybridized carbons (Fsp3) is 0.500. The van der Waals surface area contributed by atoms with Crippen LogP contribution in [0.4, 0.5) is 13.2 Å². The Balaban J connectivity index is 1.53. The Bertz CT molecular complexity index is 626. The molecule has 0 radical (unpaired) electrons. The Labute approximate surface area is 131 Å². The number of halogens is 3. The lowest BCUT2D eigenvalue weighted by Crippen LogP contribution is -2.38. The minimum absolute atomic E-state index is 0.0233. The molecule has 7 heteroatoms. The Morgan fingerprint density at radius 2 is 1.87 bits per heavy atom. The maximum Gasteiger partial charge on any atom is 0.416 e. The highest BCUT2D eigenvalue weighted by Crippen LogP contribution is 2.46. The Morgan fingerprint density at radius 1 is 1.17 bits per heavy atom. The van der Waals surface area contributed by atoms with Gasteiger partial charge in [-0.1, -0.05) is 18.2 Å². The number of hydrogen-bond acceptors (Lipinski definition) is 2. The number of nitrogens with one attached hydrogen (secondary N) is 2. The van der Waals surface area contributed by atoms with Crippen LogP contribution in [0.2, 0.25) is 0 Å². The van der Waals surface area contributed by atoms with Gasteiger partial charge in [0.1, 0.15) is 0 Å². The van der Waals surface area contributed by atoms with Gasteiger partial charge in [0.2, 0.25) is 11.8 Å². The maximum absolute atomic E-state index is 13.0. The Morgan fingerprint density at radius 3 is 2.52 bits per heavy atom. The molecule has 2 unspecified atom stereocenters. The Hall–Kier alpha value is -2.05. The molecular formula is C16H17F3N2O2. The lowest BCUT2D eigenvalue weighted by atomic mass is 10.0. The van der Waals surface area contributed by atoms with Crippen molar-refractivity contribution in [3.05, 3.63) is 35.4 Å². The summed E-state index contributed by atoms with van der Waals surface area (Å²) in [5, 5.41) is 5.21. The second kappa shape index (κ2) is 5.86. The van der Waals surface area contributed by atoms with Crippen LogP contribution in [0.25, 0.3) is 0 Å². The number of hydrogen-bond donors (Lipinski definition) is 2. The summed E-state index contributed by atoms with van der Waals surface area (Å²) in [5.41, 5.74) is -0.434. The highest BCUT2D eigenvalue weighted by atomic mass is 19.4. The summed E-state index contributed by atoms with van der Waals surface area (Å²) < 4.78 is 38.9. The zero-order chi connectivity index (χ0) is 16.6. The minimum atomic E-state index is -4.40. The van der Waals surface area contributed by atoms with Crippen molar-refractivity contribution >= 4 is 11.8 Å². The molecule has 0 saturated heterocycles. The first-order valence-electron chi connectivity index (χ1n) is 7.59. The molecule has 0 aromatic heterocycles. The number of carbonyl (C=O) groups excluding carboxylic acids is 2. The van der Waals surface area contributed by atoms with Gasteiger partial charge in [-0.3, -0.25) is 9.59 Å². The average Bonchev–Trinajstić information content (AvgIpc) is 3.37. The largest absolute Gasteiger partial charge is 0.416 e. The molecule has 1 aromatic carbocycles. The summed E-state index contributed by atoms with van der Waals surface area (Å²) in [6.45, 7) is -0.126. The molecule has 0 bridgehead atoms. The summed E-state index contributed by atoms with van der Waals surface area (Å²) in [4.78, 5) is 23.2. The fourth-order valence-corrected chi connectivity index (χ4v) is 2.69. The van der Waals surface area contributed by atoms with Crippen LogP contribution in [0.3, 0.4) is 0 Å². The first-order chi connectivity index (χ1) is 10.9. The summed E-state index contributed by atoms with van der Waals surface area (Å²) in [7, 11) is 0. The van der Waals surface area contributed by atoms with Crippen LogP contribution in [-0.2, 0) is 15.8 Å². The fourth-order valence-electron chi connectivity index (χ4n) is 2.69. The van der Waals surface area contributed by atoms with E-state index in [4.69, 9.17) is 0 Å². The topological polar surface area (TPSA) is 58.2 Å². The van der Waals surface area contributed by atoms with Crippen molar-refractivity contribution in [3.8, 4) is 0 Å². The van der Waals surface area contributed by atoms with Crippen LogP contribution in [0, 0.1) is 5.92 Å². The van der Waals surface area contributed by atoms with Gasteiger partial charge in [0.15, 0.2) is 0 Å². The first-order valence-corrected chi connectivity index (χ1v) is 7.59. The van der Waals surface area contributed by atoms with Gasteiger partial charge in [-0.15, -0.1) is 0 Å². The van der Waals surface area contributed by atoms with Crippen LogP contribution in [0.1, 0.15) is 36.3 Å². The lowest BCUT2D eigenvalue weighted by molar-refractivity contribution is -0.138. The van der Waals surface area contributed by atoms with Gasteiger partial charge in [0.25, 0.3) is 0 Å². The smallest absolute Gasteiger partial charge is 0.351 e. The van der Waals surface area contributed by atoms with Crippen LogP contribution < -0.4 is 10.6 Å². The molecule has 2 saturated carbocycles. The van der Waals surface area contributed by atoms with Crippen LogP contribution in [-0.4, -0.2) is 24.4 Å². The van der Waals surface area contributed by atoms with Crippen LogP contribution >= 0.6 is 0 Å². The third-order valence-electron chi connectivity index (χ3n) is 4.17. The minimum Gasteiger partial charge on any atom is -0.351 e. The second-order valence-corrected chi connectivity index (χ2v) is 6.09. The molecule has 2 fully saturated rings. The zero-order valence-corrected chi connectivity index (χ0v) is 12.3. The van der Waals surface area contributed by atoms with Crippen LogP contribution in [0.15, 0.2) is 24.3 Å². The third-order valence-corrected chi connectivity index (χ3v) is 4.17. The molecule has 2 amide bonds. The van der Waals surface area contributed by atoms with Crippen molar-refractivity contribution in [1.82, 2.24) is 10.6 Å². The number of carbonyl (C=O) groups is 2. The highest BCUT2D eigenvalue weighted by Gasteiger charge is 2.44. The molecule has 0 aliphatic heterocycles. The second-order valence-electron chi connectivity index (χ2n) is 6.09. The van der Waals surface area contributed by atoms with Gasteiger partial charge in [-0.25, -0.2) is 0 Å². The van der Waals surface area contributed by atoms with E-state index in [2.05, 4.69) is 10.6 Å². The summed E-state index contributed by atoms with van der Waals surface area (Å²) in [6, 6.07) is 5.13.